The minimum absolute atomic E-state index is 0. The van der Waals surface area contributed by atoms with Gasteiger partial charge in [-0.25, -0.2) is 4.79 Å². The summed E-state index contributed by atoms with van der Waals surface area (Å²) in [6, 6.07) is 7.23. The molecule has 0 aliphatic heterocycles. The highest BCUT2D eigenvalue weighted by Gasteiger charge is 2.16. The van der Waals surface area contributed by atoms with Gasteiger partial charge in [0.2, 0.25) is 0 Å². The summed E-state index contributed by atoms with van der Waals surface area (Å²) in [4.78, 5) is 11.5. The van der Waals surface area contributed by atoms with Crippen molar-refractivity contribution >= 4 is 18.4 Å². The fraction of sp³-hybridized carbons (Fsp3) is 0.462. The Morgan fingerprint density at radius 2 is 1.94 bits per heavy atom. The van der Waals surface area contributed by atoms with Gasteiger partial charge in [0.1, 0.15) is 0 Å². The van der Waals surface area contributed by atoms with Gasteiger partial charge in [-0.15, -0.1) is 12.4 Å². The van der Waals surface area contributed by atoms with Gasteiger partial charge < -0.3 is 10.5 Å². The molecule has 0 heterocycles. The molecule has 0 aromatic heterocycles. The van der Waals surface area contributed by atoms with Crippen molar-refractivity contribution in [1.29, 1.82) is 0 Å². The number of methoxy groups -OCH3 is 1. The Kier molecular flexibility index (Phi) is 6.85. The largest absolute Gasteiger partial charge is 0.465 e. The molecular weight excluding hydrogens is 238 g/mol. The van der Waals surface area contributed by atoms with Crippen LogP contribution in [0.3, 0.4) is 0 Å². The van der Waals surface area contributed by atoms with Crippen molar-refractivity contribution in [3.05, 3.63) is 35.4 Å². The van der Waals surface area contributed by atoms with E-state index < -0.39 is 0 Å². The summed E-state index contributed by atoms with van der Waals surface area (Å²) in [6.07, 6.45) is 0.855. The maximum atomic E-state index is 11.5. The van der Waals surface area contributed by atoms with Crippen molar-refractivity contribution in [2.24, 2.45) is 11.7 Å². The molecular formula is C13H20ClNO2. The molecule has 0 aliphatic carbocycles. The minimum atomic E-state index is -0.324. The molecule has 0 saturated carbocycles. The highest BCUT2D eigenvalue weighted by molar-refractivity contribution is 5.91. The number of ether oxygens (including phenoxy) is 1. The second kappa shape index (κ2) is 7.30. The van der Waals surface area contributed by atoms with Crippen LogP contribution in [0.2, 0.25) is 0 Å². The molecule has 1 rings (SSSR count). The third kappa shape index (κ3) is 4.36. The summed E-state index contributed by atoms with van der Waals surface area (Å²) in [5.74, 6) is 0.176. The van der Waals surface area contributed by atoms with E-state index in [1.807, 2.05) is 18.2 Å². The van der Waals surface area contributed by atoms with Gasteiger partial charge in [0.15, 0.2) is 0 Å². The van der Waals surface area contributed by atoms with Crippen molar-refractivity contribution in [3.63, 3.8) is 0 Å². The topological polar surface area (TPSA) is 52.3 Å². The lowest BCUT2D eigenvalue weighted by Gasteiger charge is -2.17. The predicted octanol–water partition coefficient (Wildman–Crippen LogP) is 2.94. The van der Waals surface area contributed by atoms with Crippen LogP contribution in [0.1, 0.15) is 42.2 Å². The molecule has 0 spiro atoms. The lowest BCUT2D eigenvalue weighted by molar-refractivity contribution is 0.0598. The van der Waals surface area contributed by atoms with Gasteiger partial charge in [-0.1, -0.05) is 32.0 Å². The molecule has 1 aromatic rings. The van der Waals surface area contributed by atoms with Gasteiger partial charge in [0.05, 0.1) is 12.7 Å². The van der Waals surface area contributed by atoms with Gasteiger partial charge in [-0.3, -0.25) is 0 Å². The minimum Gasteiger partial charge on any atom is -0.465 e. The third-order valence-electron chi connectivity index (χ3n) is 2.49. The molecule has 4 heteroatoms. The number of halogens is 1. The maximum absolute atomic E-state index is 11.5. The van der Waals surface area contributed by atoms with Crippen molar-refractivity contribution < 1.29 is 9.53 Å². The van der Waals surface area contributed by atoms with E-state index in [9.17, 15) is 4.79 Å². The lowest BCUT2D eigenvalue weighted by Crippen LogP contribution is -2.17. The number of hydrogen-bond donors (Lipinski definition) is 1. The number of carbonyl (C=O) groups excluding carboxylic acids is 1. The highest BCUT2D eigenvalue weighted by atomic mass is 35.5. The number of hydrogen-bond acceptors (Lipinski definition) is 3. The van der Waals surface area contributed by atoms with E-state index in [1.165, 1.54) is 7.11 Å². The van der Waals surface area contributed by atoms with E-state index in [0.29, 0.717) is 11.5 Å². The van der Waals surface area contributed by atoms with Crippen LogP contribution in [0, 0.1) is 5.92 Å². The first kappa shape index (κ1) is 15.9. The number of carbonyl (C=O) groups is 1. The van der Waals surface area contributed by atoms with Crippen LogP contribution in [0.25, 0.3) is 0 Å². The average molecular weight is 258 g/mol. The Balaban J connectivity index is 0.00000256. The molecule has 1 atom stereocenters. The zero-order chi connectivity index (χ0) is 12.1. The molecule has 17 heavy (non-hydrogen) atoms. The monoisotopic (exact) mass is 257 g/mol. The molecule has 3 nitrogen and oxygen atoms in total. The number of benzene rings is 1. The van der Waals surface area contributed by atoms with Gasteiger partial charge in [0.25, 0.3) is 0 Å². The van der Waals surface area contributed by atoms with E-state index in [1.54, 1.807) is 6.07 Å². The van der Waals surface area contributed by atoms with Gasteiger partial charge in [-0.05, 0) is 24.0 Å². The van der Waals surface area contributed by atoms with Gasteiger partial charge in [0, 0.05) is 6.04 Å². The molecule has 2 N–H and O–H groups in total. The van der Waals surface area contributed by atoms with Gasteiger partial charge >= 0.3 is 5.97 Å². The predicted molar refractivity (Wildman–Crippen MR) is 71.4 cm³/mol. The number of esters is 1. The van der Waals surface area contributed by atoms with Crippen LogP contribution in [0.15, 0.2) is 24.3 Å². The fourth-order valence-electron chi connectivity index (χ4n) is 1.75. The van der Waals surface area contributed by atoms with Crippen molar-refractivity contribution in [3.8, 4) is 0 Å². The van der Waals surface area contributed by atoms with Crippen molar-refractivity contribution in [2.45, 2.75) is 26.3 Å². The molecule has 0 bridgehead atoms. The van der Waals surface area contributed by atoms with E-state index in [2.05, 4.69) is 13.8 Å². The summed E-state index contributed by atoms with van der Waals surface area (Å²) < 4.78 is 4.74. The van der Waals surface area contributed by atoms with Crippen molar-refractivity contribution in [2.75, 3.05) is 7.11 Å². The Hall–Kier alpha value is -1.06. The summed E-state index contributed by atoms with van der Waals surface area (Å²) in [5.41, 5.74) is 7.51. The lowest BCUT2D eigenvalue weighted by atomic mass is 9.94. The maximum Gasteiger partial charge on any atom is 0.338 e. The second-order valence-corrected chi connectivity index (χ2v) is 4.31. The van der Waals surface area contributed by atoms with Gasteiger partial charge in [-0.2, -0.15) is 0 Å². The molecule has 0 radical (unpaired) electrons. The van der Waals surface area contributed by atoms with Crippen molar-refractivity contribution in [1.82, 2.24) is 0 Å². The molecule has 0 aliphatic rings. The fourth-order valence-corrected chi connectivity index (χ4v) is 1.75. The summed E-state index contributed by atoms with van der Waals surface area (Å²) in [6.45, 7) is 4.22. The second-order valence-electron chi connectivity index (χ2n) is 4.31. The van der Waals surface area contributed by atoms with Crippen LogP contribution in [-0.4, -0.2) is 13.1 Å². The first-order chi connectivity index (χ1) is 7.56. The molecule has 0 fully saturated rings. The molecule has 0 amide bonds. The quantitative estimate of drug-likeness (QED) is 0.844. The summed E-state index contributed by atoms with van der Waals surface area (Å²) >= 11 is 0. The number of nitrogens with two attached hydrogens (primary N) is 1. The van der Waals surface area contributed by atoms with Crippen LogP contribution < -0.4 is 5.73 Å². The van der Waals surface area contributed by atoms with Crippen LogP contribution >= 0.6 is 12.4 Å². The third-order valence-corrected chi connectivity index (χ3v) is 2.49. The number of rotatable bonds is 4. The van der Waals surface area contributed by atoms with E-state index >= 15 is 0 Å². The average Bonchev–Trinajstić information content (AvgIpc) is 2.27. The van der Waals surface area contributed by atoms with E-state index in [4.69, 9.17) is 10.5 Å². The summed E-state index contributed by atoms with van der Waals surface area (Å²) in [5, 5.41) is 0. The zero-order valence-electron chi connectivity index (χ0n) is 10.5. The molecule has 1 aromatic carbocycles. The Bertz CT molecular complexity index is 366. The molecule has 96 valence electrons. The van der Waals surface area contributed by atoms with E-state index in [0.717, 1.165) is 12.0 Å². The van der Waals surface area contributed by atoms with E-state index in [-0.39, 0.29) is 24.4 Å². The smallest absolute Gasteiger partial charge is 0.338 e. The van der Waals surface area contributed by atoms with Crippen LogP contribution in [0.5, 0.6) is 0 Å². The highest BCUT2D eigenvalue weighted by Crippen LogP contribution is 2.22. The standard InChI is InChI=1S/C13H19NO2.ClH/c1-9(2)8-12(14)10-6-4-5-7-11(10)13(15)16-3;/h4-7,9,12H,8,14H2,1-3H3;1H/t12-;/m0./s1. The Labute approximate surface area is 109 Å². The first-order valence-corrected chi connectivity index (χ1v) is 5.49. The Morgan fingerprint density at radius 3 is 2.47 bits per heavy atom. The normalized spacial score (nSPS) is 11.8. The zero-order valence-corrected chi connectivity index (χ0v) is 11.3. The first-order valence-electron chi connectivity index (χ1n) is 5.49. The SMILES string of the molecule is COC(=O)c1ccccc1[C@@H](N)CC(C)C.Cl. The molecule has 0 saturated heterocycles. The summed E-state index contributed by atoms with van der Waals surface area (Å²) in [7, 11) is 1.38. The van der Waals surface area contributed by atoms with Crippen LogP contribution in [0.4, 0.5) is 0 Å². The molecule has 0 unspecified atom stereocenters. The Morgan fingerprint density at radius 1 is 1.35 bits per heavy atom. The van der Waals surface area contributed by atoms with Crippen LogP contribution in [-0.2, 0) is 4.74 Å².